The lowest BCUT2D eigenvalue weighted by atomic mass is 10.0. The van der Waals surface area contributed by atoms with E-state index < -0.39 is 6.04 Å². The van der Waals surface area contributed by atoms with Crippen LogP contribution in [0.2, 0.25) is 5.02 Å². The van der Waals surface area contributed by atoms with E-state index in [0.29, 0.717) is 28.9 Å². The van der Waals surface area contributed by atoms with Crippen LogP contribution in [-0.4, -0.2) is 33.3 Å². The summed E-state index contributed by atoms with van der Waals surface area (Å²) in [6.07, 6.45) is 0.733. The highest BCUT2D eigenvalue weighted by Gasteiger charge is 2.34. The molecule has 1 aromatic carbocycles. The highest BCUT2D eigenvalue weighted by atomic mass is 35.5. The van der Waals surface area contributed by atoms with E-state index in [1.807, 2.05) is 0 Å². The Morgan fingerprint density at radius 1 is 1.40 bits per heavy atom. The van der Waals surface area contributed by atoms with Gasteiger partial charge in [-0.25, -0.2) is 4.98 Å². The SMILES string of the molecule is CN1C(=O)CCC(n2c(N)nc3ccc(Cl)cc32)C1=O. The number of likely N-dealkylation sites (tertiary alicyclic amines) is 1. The number of carbonyl (C=O) groups is 2. The molecule has 1 atom stereocenters. The van der Waals surface area contributed by atoms with Crippen molar-refractivity contribution < 1.29 is 9.59 Å². The van der Waals surface area contributed by atoms with Gasteiger partial charge in [-0.15, -0.1) is 0 Å². The third-order valence-corrected chi connectivity index (χ3v) is 3.85. The van der Waals surface area contributed by atoms with Gasteiger partial charge < -0.3 is 5.73 Å². The van der Waals surface area contributed by atoms with Gasteiger partial charge in [-0.05, 0) is 24.6 Å². The van der Waals surface area contributed by atoms with E-state index in [1.165, 1.54) is 7.05 Å². The molecule has 1 aliphatic heterocycles. The normalized spacial score (nSPS) is 19.9. The topological polar surface area (TPSA) is 81.2 Å². The van der Waals surface area contributed by atoms with Crippen LogP contribution >= 0.6 is 11.6 Å². The third-order valence-electron chi connectivity index (χ3n) is 3.61. The summed E-state index contributed by atoms with van der Waals surface area (Å²) >= 11 is 6.00. The lowest BCUT2D eigenvalue weighted by Crippen LogP contribution is -2.43. The fraction of sp³-hybridized carbons (Fsp3) is 0.308. The molecule has 2 aromatic rings. The van der Waals surface area contributed by atoms with Gasteiger partial charge in [0.25, 0.3) is 5.91 Å². The van der Waals surface area contributed by atoms with Gasteiger partial charge in [0.1, 0.15) is 6.04 Å². The number of fused-ring (bicyclic) bond motifs is 1. The summed E-state index contributed by atoms with van der Waals surface area (Å²) in [6.45, 7) is 0. The van der Waals surface area contributed by atoms with Crippen molar-refractivity contribution in [2.24, 2.45) is 0 Å². The largest absolute Gasteiger partial charge is 0.369 e. The predicted molar refractivity (Wildman–Crippen MR) is 75.2 cm³/mol. The maximum Gasteiger partial charge on any atom is 0.252 e. The van der Waals surface area contributed by atoms with Crippen molar-refractivity contribution >= 4 is 40.4 Å². The molecule has 104 valence electrons. The Morgan fingerprint density at radius 3 is 2.90 bits per heavy atom. The van der Waals surface area contributed by atoms with Gasteiger partial charge in [-0.1, -0.05) is 11.6 Å². The number of aromatic nitrogens is 2. The van der Waals surface area contributed by atoms with Crippen molar-refractivity contribution in [2.45, 2.75) is 18.9 Å². The van der Waals surface area contributed by atoms with Crippen molar-refractivity contribution in [3.05, 3.63) is 23.2 Å². The minimum atomic E-state index is -0.513. The zero-order valence-electron chi connectivity index (χ0n) is 10.8. The second-order valence-corrected chi connectivity index (χ2v) is 5.25. The molecule has 1 unspecified atom stereocenters. The summed E-state index contributed by atoms with van der Waals surface area (Å²) in [5.74, 6) is -0.192. The molecule has 3 rings (SSSR count). The molecule has 2 N–H and O–H groups in total. The zero-order valence-corrected chi connectivity index (χ0v) is 11.6. The molecule has 2 heterocycles. The number of carbonyl (C=O) groups excluding carboxylic acids is 2. The quantitative estimate of drug-likeness (QED) is 0.809. The number of rotatable bonds is 1. The van der Waals surface area contributed by atoms with Gasteiger partial charge in [0.05, 0.1) is 11.0 Å². The minimum absolute atomic E-state index is 0.174. The van der Waals surface area contributed by atoms with Gasteiger partial charge in [0.2, 0.25) is 11.9 Å². The molecule has 6 nitrogen and oxygen atoms in total. The first-order chi connectivity index (χ1) is 9.49. The number of imide groups is 1. The molecule has 0 saturated carbocycles. The van der Waals surface area contributed by atoms with Crippen molar-refractivity contribution in [1.29, 1.82) is 0 Å². The van der Waals surface area contributed by atoms with Crippen LogP contribution in [0, 0.1) is 0 Å². The van der Waals surface area contributed by atoms with E-state index in [4.69, 9.17) is 17.3 Å². The highest BCUT2D eigenvalue weighted by molar-refractivity contribution is 6.31. The average Bonchev–Trinajstić information content (AvgIpc) is 2.72. The Hall–Kier alpha value is -2.08. The minimum Gasteiger partial charge on any atom is -0.369 e. The maximum atomic E-state index is 12.3. The van der Waals surface area contributed by atoms with E-state index in [-0.39, 0.29) is 17.8 Å². The van der Waals surface area contributed by atoms with Crippen LogP contribution in [0.25, 0.3) is 11.0 Å². The number of nitrogen functional groups attached to an aromatic ring is 1. The highest BCUT2D eigenvalue weighted by Crippen LogP contribution is 2.31. The number of anilines is 1. The van der Waals surface area contributed by atoms with Crippen LogP contribution in [-0.2, 0) is 9.59 Å². The Morgan fingerprint density at radius 2 is 2.15 bits per heavy atom. The zero-order chi connectivity index (χ0) is 14.4. The van der Waals surface area contributed by atoms with E-state index in [1.54, 1.807) is 22.8 Å². The number of amides is 2. The molecule has 0 aliphatic carbocycles. The van der Waals surface area contributed by atoms with Gasteiger partial charge in [-0.2, -0.15) is 0 Å². The first-order valence-corrected chi connectivity index (χ1v) is 6.60. The van der Waals surface area contributed by atoms with Crippen molar-refractivity contribution in [3.63, 3.8) is 0 Å². The van der Waals surface area contributed by atoms with Crippen LogP contribution in [0.4, 0.5) is 5.95 Å². The molecule has 0 bridgehead atoms. The molecule has 1 fully saturated rings. The van der Waals surface area contributed by atoms with E-state index in [9.17, 15) is 9.59 Å². The van der Waals surface area contributed by atoms with Crippen molar-refractivity contribution in [1.82, 2.24) is 14.5 Å². The molecule has 1 saturated heterocycles. The number of likely N-dealkylation sites (N-methyl/N-ethyl adjacent to an activating group) is 1. The average molecular weight is 293 g/mol. The van der Waals surface area contributed by atoms with E-state index >= 15 is 0 Å². The maximum absolute atomic E-state index is 12.3. The standard InChI is InChI=1S/C13H13ClN4O2/c1-17-11(19)5-4-9(12(17)20)18-10-6-7(14)2-3-8(10)16-13(18)15/h2-3,6,9H,4-5H2,1H3,(H2,15,16). The van der Waals surface area contributed by atoms with Crippen molar-refractivity contribution in [2.75, 3.05) is 12.8 Å². The molecule has 1 aromatic heterocycles. The molecular formula is C13H13ClN4O2. The number of nitrogens with zero attached hydrogens (tertiary/aromatic N) is 3. The summed E-state index contributed by atoms with van der Waals surface area (Å²) in [4.78, 5) is 29.2. The molecule has 20 heavy (non-hydrogen) atoms. The Kier molecular flexibility index (Phi) is 2.90. The smallest absolute Gasteiger partial charge is 0.252 e. The fourth-order valence-corrected chi connectivity index (χ4v) is 2.72. The van der Waals surface area contributed by atoms with Crippen LogP contribution in [0.15, 0.2) is 18.2 Å². The molecule has 7 heteroatoms. The number of hydrogen-bond acceptors (Lipinski definition) is 4. The van der Waals surface area contributed by atoms with E-state index in [0.717, 1.165) is 4.90 Å². The van der Waals surface area contributed by atoms with Crippen molar-refractivity contribution in [3.8, 4) is 0 Å². The monoisotopic (exact) mass is 292 g/mol. The number of benzene rings is 1. The summed E-state index contributed by atoms with van der Waals surface area (Å²) in [5, 5.41) is 0.548. The Labute approximate surface area is 120 Å². The molecule has 0 spiro atoms. The van der Waals surface area contributed by atoms with Crippen LogP contribution in [0.5, 0.6) is 0 Å². The van der Waals surface area contributed by atoms with E-state index in [2.05, 4.69) is 4.98 Å². The number of hydrogen-bond donors (Lipinski definition) is 1. The first-order valence-electron chi connectivity index (χ1n) is 6.22. The Balaban J connectivity index is 2.14. The summed E-state index contributed by atoms with van der Waals surface area (Å²) in [6, 6.07) is 4.69. The summed E-state index contributed by atoms with van der Waals surface area (Å²) in [7, 11) is 1.49. The van der Waals surface area contributed by atoms with Gasteiger partial charge >= 0.3 is 0 Å². The lowest BCUT2D eigenvalue weighted by Gasteiger charge is -2.29. The van der Waals surface area contributed by atoms with Gasteiger partial charge in [-0.3, -0.25) is 19.1 Å². The van der Waals surface area contributed by atoms with Crippen LogP contribution in [0.3, 0.4) is 0 Å². The van der Waals surface area contributed by atoms with Crippen LogP contribution < -0.4 is 5.73 Å². The first kappa shape index (κ1) is 12.9. The number of imidazole rings is 1. The second-order valence-electron chi connectivity index (χ2n) is 4.82. The molecule has 0 radical (unpaired) electrons. The van der Waals surface area contributed by atoms with Gasteiger partial charge in [0.15, 0.2) is 0 Å². The number of piperidine rings is 1. The summed E-state index contributed by atoms with van der Waals surface area (Å²) < 4.78 is 1.66. The molecule has 2 amide bonds. The number of nitrogens with two attached hydrogens (primary N) is 1. The van der Waals surface area contributed by atoms with Crippen LogP contribution in [0.1, 0.15) is 18.9 Å². The van der Waals surface area contributed by atoms with Gasteiger partial charge in [0, 0.05) is 18.5 Å². The number of halogens is 1. The fourth-order valence-electron chi connectivity index (χ4n) is 2.55. The predicted octanol–water partition coefficient (Wildman–Crippen LogP) is 1.59. The Bertz CT molecular complexity index is 724. The lowest BCUT2D eigenvalue weighted by molar-refractivity contribution is -0.149. The molecule has 1 aliphatic rings. The third kappa shape index (κ3) is 1.84. The second kappa shape index (κ2) is 4.49. The summed E-state index contributed by atoms with van der Waals surface area (Å²) in [5.41, 5.74) is 7.31. The molecular weight excluding hydrogens is 280 g/mol.